The third-order valence-electron chi connectivity index (χ3n) is 3.47. The predicted molar refractivity (Wildman–Crippen MR) is 76.7 cm³/mol. The van der Waals surface area contributed by atoms with Crippen molar-refractivity contribution in [2.75, 3.05) is 11.9 Å². The molecule has 0 radical (unpaired) electrons. The van der Waals surface area contributed by atoms with Gasteiger partial charge in [-0.15, -0.1) is 0 Å². The lowest BCUT2D eigenvalue weighted by molar-refractivity contribution is -0.0499. The molecule has 0 bridgehead atoms. The second-order valence-corrected chi connectivity index (χ2v) is 6.90. The van der Waals surface area contributed by atoms with Gasteiger partial charge in [-0.25, -0.2) is 4.52 Å². The van der Waals surface area contributed by atoms with Gasteiger partial charge >= 0.3 is 15.6 Å². The van der Waals surface area contributed by atoms with Crippen LogP contribution in [0.15, 0.2) is 18.5 Å². The summed E-state index contributed by atoms with van der Waals surface area (Å²) >= 11 is 0. The molecule has 1 saturated carbocycles. The summed E-state index contributed by atoms with van der Waals surface area (Å²) in [6, 6.07) is 2.85. The Labute approximate surface area is 134 Å². The maximum Gasteiger partial charge on any atom is 0.534 e. The first kappa shape index (κ1) is 16.4. The number of hydrogen-bond donors (Lipinski definition) is 1. The summed E-state index contributed by atoms with van der Waals surface area (Å²) in [4.78, 5) is 0. The van der Waals surface area contributed by atoms with E-state index in [0.717, 1.165) is 29.6 Å². The standard InChI is InChI=1S/C13H11F3N4O3S/c14-13(15,16)24(21,22)23-11-3-10(18-5-8-1-2-8)7-20-12(11)9(4-17)6-19-20/h3,6-8,18H,1-2,5H2. The molecule has 0 saturated heterocycles. The van der Waals surface area contributed by atoms with Crippen LogP contribution >= 0.6 is 0 Å². The highest BCUT2D eigenvalue weighted by atomic mass is 32.2. The Morgan fingerprint density at radius 1 is 1.46 bits per heavy atom. The summed E-state index contributed by atoms with van der Waals surface area (Å²) in [5.41, 5.74) is -5.48. The van der Waals surface area contributed by atoms with E-state index in [2.05, 4.69) is 14.6 Å². The summed E-state index contributed by atoms with van der Waals surface area (Å²) in [6.07, 6.45) is 4.68. The number of rotatable bonds is 5. The minimum Gasteiger partial charge on any atom is -0.383 e. The van der Waals surface area contributed by atoms with Crippen LogP contribution in [0.4, 0.5) is 18.9 Å². The van der Waals surface area contributed by atoms with Gasteiger partial charge in [-0.1, -0.05) is 0 Å². The quantitative estimate of drug-likeness (QED) is 0.649. The number of nitrogens with one attached hydrogen (secondary N) is 1. The van der Waals surface area contributed by atoms with Crippen molar-refractivity contribution in [2.24, 2.45) is 5.92 Å². The van der Waals surface area contributed by atoms with Gasteiger partial charge in [0.25, 0.3) is 0 Å². The molecule has 0 aromatic carbocycles. The molecule has 2 heterocycles. The Kier molecular flexibility index (Phi) is 3.79. The first-order valence-corrected chi connectivity index (χ1v) is 8.28. The van der Waals surface area contributed by atoms with Gasteiger partial charge in [0.15, 0.2) is 5.75 Å². The number of pyridine rings is 1. The topological polar surface area (TPSA) is 96.5 Å². The van der Waals surface area contributed by atoms with Crippen LogP contribution in [0, 0.1) is 17.2 Å². The number of fused-ring (bicyclic) bond motifs is 1. The monoisotopic (exact) mass is 360 g/mol. The highest BCUT2D eigenvalue weighted by molar-refractivity contribution is 7.88. The maximum absolute atomic E-state index is 12.6. The van der Waals surface area contributed by atoms with Crippen molar-refractivity contribution in [2.45, 2.75) is 18.3 Å². The minimum absolute atomic E-state index is 0.101. The van der Waals surface area contributed by atoms with Crippen molar-refractivity contribution in [3.8, 4) is 11.8 Å². The van der Waals surface area contributed by atoms with Crippen LogP contribution in [0.25, 0.3) is 5.52 Å². The molecule has 0 unspecified atom stereocenters. The lowest BCUT2D eigenvalue weighted by Gasteiger charge is -2.13. The molecule has 1 fully saturated rings. The van der Waals surface area contributed by atoms with E-state index < -0.39 is 21.4 Å². The number of anilines is 1. The van der Waals surface area contributed by atoms with Gasteiger partial charge in [0.1, 0.15) is 17.1 Å². The summed E-state index contributed by atoms with van der Waals surface area (Å²) in [7, 11) is -5.86. The molecule has 2 aromatic heterocycles. The summed E-state index contributed by atoms with van der Waals surface area (Å²) in [5.74, 6) is -0.126. The normalized spacial score (nSPS) is 15.2. The van der Waals surface area contributed by atoms with E-state index in [4.69, 9.17) is 5.26 Å². The molecule has 0 amide bonds. The zero-order valence-corrected chi connectivity index (χ0v) is 12.9. The molecule has 0 aliphatic heterocycles. The minimum atomic E-state index is -5.86. The van der Waals surface area contributed by atoms with Gasteiger partial charge in [0.05, 0.1) is 18.1 Å². The van der Waals surface area contributed by atoms with Gasteiger partial charge in [0, 0.05) is 12.6 Å². The van der Waals surface area contributed by atoms with Gasteiger partial charge in [-0.05, 0) is 18.8 Å². The zero-order chi connectivity index (χ0) is 17.5. The average molecular weight is 360 g/mol. The van der Waals surface area contributed by atoms with Crippen LogP contribution in [0.1, 0.15) is 18.4 Å². The van der Waals surface area contributed by atoms with Crippen LogP contribution in [-0.2, 0) is 10.1 Å². The molecule has 3 rings (SSSR count). The fourth-order valence-corrected chi connectivity index (χ4v) is 2.53. The fraction of sp³-hybridized carbons (Fsp3) is 0.385. The molecule has 0 atom stereocenters. The first-order chi connectivity index (χ1) is 11.2. The molecular weight excluding hydrogens is 349 g/mol. The van der Waals surface area contributed by atoms with Crippen molar-refractivity contribution in [3.05, 3.63) is 24.0 Å². The Morgan fingerprint density at radius 3 is 2.75 bits per heavy atom. The summed E-state index contributed by atoms with van der Waals surface area (Å²) in [6.45, 7) is 0.601. The molecule has 1 aliphatic rings. The third kappa shape index (κ3) is 3.09. The second-order valence-electron chi connectivity index (χ2n) is 5.36. The SMILES string of the molecule is N#Cc1cnn2cc(NCC3CC3)cc(OS(=O)(=O)C(F)(F)F)c12. The van der Waals surface area contributed by atoms with Crippen molar-refractivity contribution in [1.82, 2.24) is 9.61 Å². The molecule has 11 heteroatoms. The summed E-state index contributed by atoms with van der Waals surface area (Å²) in [5, 5.41) is 15.8. The van der Waals surface area contributed by atoms with Crippen molar-refractivity contribution in [3.63, 3.8) is 0 Å². The first-order valence-electron chi connectivity index (χ1n) is 6.87. The largest absolute Gasteiger partial charge is 0.534 e. The van der Waals surface area contributed by atoms with E-state index >= 15 is 0 Å². The number of nitriles is 1. The highest BCUT2D eigenvalue weighted by Crippen LogP contribution is 2.34. The van der Waals surface area contributed by atoms with Crippen LogP contribution in [0.5, 0.6) is 5.75 Å². The van der Waals surface area contributed by atoms with Crippen LogP contribution in [0.3, 0.4) is 0 Å². The second kappa shape index (κ2) is 5.55. The number of alkyl halides is 3. The molecule has 0 spiro atoms. The molecule has 24 heavy (non-hydrogen) atoms. The average Bonchev–Trinajstić information content (AvgIpc) is 3.22. The fourth-order valence-electron chi connectivity index (χ4n) is 2.08. The van der Waals surface area contributed by atoms with E-state index in [1.54, 1.807) is 6.07 Å². The third-order valence-corrected chi connectivity index (χ3v) is 4.44. The molecule has 1 aliphatic carbocycles. The summed E-state index contributed by atoms with van der Waals surface area (Å²) < 4.78 is 65.7. The van der Waals surface area contributed by atoms with Gasteiger partial charge < -0.3 is 9.50 Å². The lowest BCUT2D eigenvalue weighted by Crippen LogP contribution is -2.28. The number of hydrogen-bond acceptors (Lipinski definition) is 6. The van der Waals surface area contributed by atoms with Crippen molar-refractivity contribution >= 4 is 21.3 Å². The smallest absolute Gasteiger partial charge is 0.383 e. The van der Waals surface area contributed by atoms with Gasteiger partial charge in [-0.2, -0.15) is 31.9 Å². The van der Waals surface area contributed by atoms with Crippen LogP contribution in [0.2, 0.25) is 0 Å². The van der Waals surface area contributed by atoms with Gasteiger partial charge in [-0.3, -0.25) is 0 Å². The van der Waals surface area contributed by atoms with E-state index in [9.17, 15) is 21.6 Å². The molecular formula is C13H11F3N4O3S. The Balaban J connectivity index is 2.05. The van der Waals surface area contributed by atoms with E-state index in [1.165, 1.54) is 6.20 Å². The molecule has 128 valence electrons. The van der Waals surface area contributed by atoms with E-state index in [0.29, 0.717) is 18.2 Å². The number of halogens is 3. The molecule has 2 aromatic rings. The van der Waals surface area contributed by atoms with Crippen LogP contribution < -0.4 is 9.50 Å². The van der Waals surface area contributed by atoms with E-state index in [-0.39, 0.29) is 11.1 Å². The number of nitrogens with zero attached hydrogens (tertiary/aromatic N) is 3. The van der Waals surface area contributed by atoms with Crippen molar-refractivity contribution in [1.29, 1.82) is 5.26 Å². The van der Waals surface area contributed by atoms with Crippen LogP contribution in [-0.4, -0.2) is 30.1 Å². The zero-order valence-electron chi connectivity index (χ0n) is 12.0. The predicted octanol–water partition coefficient (Wildman–Crippen LogP) is 2.26. The molecule has 1 N–H and O–H groups in total. The Bertz CT molecular complexity index is 926. The molecule has 7 nitrogen and oxygen atoms in total. The lowest BCUT2D eigenvalue weighted by atomic mass is 10.2. The van der Waals surface area contributed by atoms with Gasteiger partial charge in [0.2, 0.25) is 0 Å². The Morgan fingerprint density at radius 2 is 2.17 bits per heavy atom. The Hall–Kier alpha value is -2.48. The van der Waals surface area contributed by atoms with Crippen molar-refractivity contribution < 1.29 is 25.8 Å². The number of aromatic nitrogens is 2. The highest BCUT2D eigenvalue weighted by Gasteiger charge is 2.49. The maximum atomic E-state index is 12.6. The van der Waals surface area contributed by atoms with E-state index in [1.807, 2.05) is 0 Å².